The first kappa shape index (κ1) is 41.2. The van der Waals surface area contributed by atoms with E-state index < -0.39 is 16.9 Å². The van der Waals surface area contributed by atoms with Gasteiger partial charge in [0.1, 0.15) is 51.2 Å². The second-order valence-electron chi connectivity index (χ2n) is 10.7. The molecule has 15 heteroatoms. The summed E-state index contributed by atoms with van der Waals surface area (Å²) in [6.45, 7) is 0. The standard InChI is InChI=1S/C30H18O10.2C2H6OS.CH4.Zn/c31-15-4-1-13(2-5-15)24-12-23(38)29-21(36)10-20(35)27(30(29)40-24)17-7-14(3-6-18(17)33)25-11-22(37)28-19(34)8-16(32)9-26(28)39-25;2*1-4(2)3;;/h1-12,31-36H;2*1-2H3;1H4;/p+4. The van der Waals surface area contributed by atoms with E-state index in [0.29, 0.717) is 5.56 Å². The van der Waals surface area contributed by atoms with Gasteiger partial charge in [0.15, 0.2) is 32.6 Å². The maximum absolute atomic E-state index is 12.8. The van der Waals surface area contributed by atoms with Crippen molar-refractivity contribution in [3.63, 3.8) is 0 Å². The minimum Gasteiger partial charge on any atom is -0.592 e. The Bertz CT molecular complexity index is 2310. The molecule has 6 rings (SSSR count). The molecule has 0 fully saturated rings. The number of hydrogen-bond acceptors (Lipinski definition) is 8. The second-order valence-corrected chi connectivity index (χ2v) is 13.8. The molecule has 0 unspecified atom stereocenters. The van der Waals surface area contributed by atoms with Crippen LogP contribution in [0, 0.1) is 0 Å². The van der Waals surface area contributed by atoms with E-state index in [1.54, 1.807) is 37.2 Å². The van der Waals surface area contributed by atoms with Crippen molar-refractivity contribution in [3.8, 4) is 68.3 Å². The smallest absolute Gasteiger partial charge is 0.364 e. The van der Waals surface area contributed by atoms with Gasteiger partial charge in [-0.1, -0.05) is 7.43 Å². The van der Waals surface area contributed by atoms with Crippen LogP contribution in [0.3, 0.4) is 0 Å². The number of phenols is 5. The van der Waals surface area contributed by atoms with Crippen LogP contribution in [0.1, 0.15) is 7.43 Å². The normalized spacial score (nSPS) is 10.4. The number of benzene rings is 4. The van der Waals surface area contributed by atoms with Crippen molar-refractivity contribution in [2.45, 2.75) is 7.43 Å². The summed E-state index contributed by atoms with van der Waals surface area (Å²) in [6.07, 6.45) is 7.00. The SMILES string of the molecule is C.CS(C)=[OH+].CS(C)=[OH+].O=c1cc(-c2ccc(O)c(-c3c(O)cc([OH2+])c4c(=[OH+])cc(-c5ccc(O)cc5)oc34)c2)oc2cc(O)cc(O)c12.[Zn]. The summed E-state index contributed by atoms with van der Waals surface area (Å²) in [6, 6.07) is 15.9. The molecule has 2 heterocycles. The summed E-state index contributed by atoms with van der Waals surface area (Å²) < 4.78 is 28.0. The van der Waals surface area contributed by atoms with Gasteiger partial charge in [-0.15, -0.1) is 0 Å². The quantitative estimate of drug-likeness (QED) is 0.114. The monoisotopic (exact) mass is 778 g/mol. The summed E-state index contributed by atoms with van der Waals surface area (Å²) in [5, 5.41) is 59.5. The number of fused-ring (bicyclic) bond motifs is 2. The summed E-state index contributed by atoms with van der Waals surface area (Å²) in [5.74, 6) is -1.49. The van der Waals surface area contributed by atoms with Crippen LogP contribution in [0.2, 0.25) is 0 Å². The fourth-order valence-electron chi connectivity index (χ4n) is 4.65. The Morgan fingerprint density at radius 3 is 1.82 bits per heavy atom. The Balaban J connectivity index is 0.000000787. The Morgan fingerprint density at radius 2 is 1.22 bits per heavy atom. The number of phenolic OH excluding ortho intramolecular Hbond substituents is 5. The first-order valence-electron chi connectivity index (χ1n) is 13.8. The van der Waals surface area contributed by atoms with Crippen LogP contribution in [0.25, 0.3) is 55.7 Å². The molecule has 0 saturated carbocycles. The van der Waals surface area contributed by atoms with Gasteiger partial charge in [-0.3, -0.25) is 18.0 Å². The van der Waals surface area contributed by atoms with E-state index in [-0.39, 0.29) is 127 Å². The summed E-state index contributed by atoms with van der Waals surface area (Å²) in [4.78, 5) is 23.6. The molecule has 0 amide bonds. The van der Waals surface area contributed by atoms with E-state index in [1.165, 1.54) is 42.5 Å². The topological polar surface area (TPSA) is 232 Å². The van der Waals surface area contributed by atoms with E-state index in [1.807, 2.05) is 0 Å². The van der Waals surface area contributed by atoms with Crippen molar-refractivity contribution in [1.82, 2.24) is 0 Å². The fourth-order valence-corrected chi connectivity index (χ4v) is 4.65. The van der Waals surface area contributed by atoms with E-state index in [2.05, 4.69) is 0 Å². The minimum absolute atomic E-state index is 0. The molecule has 0 aliphatic heterocycles. The van der Waals surface area contributed by atoms with Crippen LogP contribution >= 0.6 is 0 Å². The summed E-state index contributed by atoms with van der Waals surface area (Å²) in [5.41, 5.74) is -0.295. The number of rotatable bonds is 3. The third kappa shape index (κ3) is 9.38. The minimum atomic E-state index is -0.575. The van der Waals surface area contributed by atoms with Crippen LogP contribution < -0.4 is 10.9 Å². The van der Waals surface area contributed by atoms with Crippen molar-refractivity contribution in [3.05, 3.63) is 88.4 Å². The molecule has 0 spiro atoms. The third-order valence-electron chi connectivity index (χ3n) is 6.49. The molecular weight excluding hydrogens is 742 g/mol. The molecule has 0 aliphatic rings. The van der Waals surface area contributed by atoms with Gasteiger partial charge in [0.05, 0.1) is 42.7 Å². The van der Waals surface area contributed by atoms with Gasteiger partial charge in [0.25, 0.3) is 5.75 Å². The summed E-state index contributed by atoms with van der Waals surface area (Å²) >= 11 is 0. The molecule has 10 N–H and O–H groups in total. The van der Waals surface area contributed by atoms with Crippen molar-refractivity contribution < 1.29 is 72.2 Å². The Hall–Kier alpha value is -4.98. The fraction of sp³-hybridized carbons (Fsp3) is 0.143. The molecule has 50 heavy (non-hydrogen) atoms. The van der Waals surface area contributed by atoms with Crippen molar-refractivity contribution >= 4 is 43.5 Å². The van der Waals surface area contributed by atoms with E-state index in [4.69, 9.17) is 22.4 Å². The molecule has 0 bridgehead atoms. The average Bonchev–Trinajstić information content (AvgIpc) is 2.96. The van der Waals surface area contributed by atoms with Crippen LogP contribution in [0.15, 0.2) is 86.4 Å². The second kappa shape index (κ2) is 17.1. The summed E-state index contributed by atoms with van der Waals surface area (Å²) in [7, 11) is -0.722. The largest absolute Gasteiger partial charge is 0.592 e. The van der Waals surface area contributed by atoms with Crippen molar-refractivity contribution in [2.75, 3.05) is 25.0 Å². The van der Waals surface area contributed by atoms with Crippen molar-refractivity contribution in [1.29, 1.82) is 0 Å². The molecule has 2 aromatic heterocycles. The predicted octanol–water partition coefficient (Wildman–Crippen LogP) is 5.45. The van der Waals surface area contributed by atoms with Crippen LogP contribution in [-0.4, -0.2) is 68.9 Å². The van der Waals surface area contributed by atoms with Gasteiger partial charge in [0, 0.05) is 54.4 Å². The maximum Gasteiger partial charge on any atom is 0.364 e. The first-order valence-corrected chi connectivity index (χ1v) is 17.8. The van der Waals surface area contributed by atoms with Crippen LogP contribution in [-0.2, 0) is 41.1 Å². The first-order chi connectivity index (χ1) is 22.6. The van der Waals surface area contributed by atoms with Crippen molar-refractivity contribution in [2.24, 2.45) is 0 Å². The number of hydrogen-bond donors (Lipinski definition) is 5. The molecule has 0 saturated heterocycles. The average molecular weight is 780 g/mol. The van der Waals surface area contributed by atoms with Gasteiger partial charge >= 0.3 is 5.43 Å². The van der Waals surface area contributed by atoms with E-state index in [0.717, 1.165) is 18.2 Å². The van der Waals surface area contributed by atoms with Gasteiger partial charge in [0.2, 0.25) is 5.39 Å². The van der Waals surface area contributed by atoms with Gasteiger partial charge in [-0.2, -0.15) is 0 Å². The molecule has 6 aromatic rings. The Kier molecular flexibility index (Phi) is 14.1. The molecule has 0 aliphatic carbocycles. The number of aromatic hydroxyl groups is 5. The van der Waals surface area contributed by atoms with Gasteiger partial charge in [-0.05, 0) is 42.5 Å². The Morgan fingerprint density at radius 1 is 0.660 bits per heavy atom. The Labute approximate surface area is 303 Å². The zero-order chi connectivity index (χ0) is 35.4. The molecular formula is C35H38O12S2Zn+4. The maximum atomic E-state index is 12.8. The van der Waals surface area contributed by atoms with Crippen LogP contribution in [0.5, 0.6) is 34.5 Å². The molecule has 12 nitrogen and oxygen atoms in total. The molecule has 260 valence electrons. The zero-order valence-electron chi connectivity index (χ0n) is 26.8. The van der Waals surface area contributed by atoms with Crippen LogP contribution in [0.4, 0.5) is 0 Å². The molecule has 0 atom stereocenters. The predicted molar refractivity (Wildman–Crippen MR) is 194 cm³/mol. The molecule has 4 aromatic carbocycles. The molecule has 0 radical (unpaired) electrons. The zero-order valence-corrected chi connectivity index (χ0v) is 31.4. The van der Waals surface area contributed by atoms with E-state index >= 15 is 0 Å². The van der Waals surface area contributed by atoms with Gasteiger partial charge in [-0.25, -0.2) is 0 Å². The third-order valence-corrected chi connectivity index (χ3v) is 6.49. The van der Waals surface area contributed by atoms with Gasteiger partial charge < -0.3 is 39.5 Å². The van der Waals surface area contributed by atoms with E-state index in [9.17, 15) is 35.1 Å².